The summed E-state index contributed by atoms with van der Waals surface area (Å²) in [5, 5.41) is 2.83. The molecule has 1 amide bonds. The van der Waals surface area contributed by atoms with Crippen molar-refractivity contribution in [1.82, 2.24) is 5.32 Å². The molecular weight excluding hydrogens is 345 g/mol. The summed E-state index contributed by atoms with van der Waals surface area (Å²) in [5.41, 5.74) is -0.262. The maximum atomic E-state index is 11.8. The lowest BCUT2D eigenvalue weighted by Crippen LogP contribution is -2.41. The molecule has 1 aliphatic carbocycles. The summed E-state index contributed by atoms with van der Waals surface area (Å²) >= 11 is 0. The molecule has 2 fully saturated rings. The molecule has 1 aromatic carbocycles. The Kier molecular flexibility index (Phi) is 4.97. The fourth-order valence-corrected chi connectivity index (χ4v) is 2.77. The highest BCUT2D eigenvalue weighted by molar-refractivity contribution is 6.62. The zero-order chi connectivity index (χ0) is 20.0. The van der Waals surface area contributed by atoms with Gasteiger partial charge in [-0.25, -0.2) is 4.79 Å². The molecule has 0 aromatic heterocycles. The Morgan fingerprint density at radius 2 is 1.67 bits per heavy atom. The molecule has 2 aliphatic rings. The predicted octanol–water partition coefficient (Wildman–Crippen LogP) is 3.03. The van der Waals surface area contributed by atoms with Gasteiger partial charge in [-0.15, -0.1) is 0 Å². The predicted molar refractivity (Wildman–Crippen MR) is 104 cm³/mol. The Morgan fingerprint density at radius 3 is 2.19 bits per heavy atom. The van der Waals surface area contributed by atoms with Gasteiger partial charge in [0.25, 0.3) is 0 Å². The summed E-state index contributed by atoms with van der Waals surface area (Å²) < 4.78 is 23.3. The minimum atomic E-state index is -0.501. The molecule has 7 heteroatoms. The molecule has 1 saturated heterocycles. The van der Waals surface area contributed by atoms with Crippen LogP contribution >= 0.6 is 0 Å². The van der Waals surface area contributed by atoms with Crippen LogP contribution in [0.5, 0.6) is 5.75 Å². The minimum absolute atomic E-state index is 0.0115. The van der Waals surface area contributed by atoms with E-state index in [0.717, 1.165) is 17.6 Å². The normalized spacial score (nSPS) is 25.8. The third-order valence-electron chi connectivity index (χ3n) is 5.13. The van der Waals surface area contributed by atoms with E-state index in [2.05, 4.69) is 5.32 Å². The standard InChI is InChI=1S/C20H30BNO5/c1-18(2,3)25-17(23)22-15-12-16(15)24-14-10-8-13(9-11-14)21-26-19(4,5)20(6,7)27-21/h8-11,15-16H,12H2,1-7H3,(H,22,23)/t15-,16?/m0/s1. The first kappa shape index (κ1) is 20.0. The zero-order valence-electron chi connectivity index (χ0n) is 17.3. The number of alkyl carbamates (subject to hydrolysis) is 1. The van der Waals surface area contributed by atoms with Crippen LogP contribution in [-0.4, -0.2) is 42.2 Å². The van der Waals surface area contributed by atoms with Crippen molar-refractivity contribution in [3.8, 4) is 5.75 Å². The van der Waals surface area contributed by atoms with Crippen LogP contribution in [0.25, 0.3) is 0 Å². The van der Waals surface area contributed by atoms with Crippen LogP contribution in [0.1, 0.15) is 54.9 Å². The molecule has 1 unspecified atom stereocenters. The number of carbonyl (C=O) groups is 1. The van der Waals surface area contributed by atoms with E-state index in [9.17, 15) is 4.79 Å². The number of rotatable bonds is 4. The average molecular weight is 375 g/mol. The van der Waals surface area contributed by atoms with Crippen molar-refractivity contribution in [2.24, 2.45) is 0 Å². The molecule has 0 spiro atoms. The van der Waals surface area contributed by atoms with E-state index in [4.69, 9.17) is 18.8 Å². The van der Waals surface area contributed by atoms with Crippen molar-refractivity contribution in [1.29, 1.82) is 0 Å². The van der Waals surface area contributed by atoms with Gasteiger partial charge in [0.2, 0.25) is 0 Å². The first-order chi connectivity index (χ1) is 12.4. The summed E-state index contributed by atoms with van der Waals surface area (Å²) in [6.07, 6.45) is 0.341. The molecule has 1 saturated carbocycles. The van der Waals surface area contributed by atoms with Gasteiger partial charge in [-0.1, -0.05) is 12.1 Å². The van der Waals surface area contributed by atoms with Crippen LogP contribution in [-0.2, 0) is 14.0 Å². The van der Waals surface area contributed by atoms with Crippen LogP contribution < -0.4 is 15.5 Å². The molecule has 1 N–H and O–H groups in total. The van der Waals surface area contributed by atoms with Crippen molar-refractivity contribution in [3.05, 3.63) is 24.3 Å². The molecule has 148 valence electrons. The number of hydrogen-bond donors (Lipinski definition) is 1. The number of amides is 1. The van der Waals surface area contributed by atoms with Crippen LogP contribution in [0, 0.1) is 0 Å². The molecule has 1 heterocycles. The molecular formula is C20H30BNO5. The second-order valence-electron chi connectivity index (χ2n) is 9.30. The van der Waals surface area contributed by atoms with Crippen LogP contribution in [0.2, 0.25) is 0 Å². The van der Waals surface area contributed by atoms with E-state index in [1.807, 2.05) is 72.7 Å². The molecule has 27 heavy (non-hydrogen) atoms. The largest absolute Gasteiger partial charge is 0.494 e. The van der Waals surface area contributed by atoms with Gasteiger partial charge in [0, 0.05) is 6.42 Å². The van der Waals surface area contributed by atoms with Gasteiger partial charge >= 0.3 is 13.2 Å². The van der Waals surface area contributed by atoms with Crippen molar-refractivity contribution in [2.45, 2.75) is 83.8 Å². The molecule has 6 nitrogen and oxygen atoms in total. The lowest BCUT2D eigenvalue weighted by Gasteiger charge is -2.32. The summed E-state index contributed by atoms with van der Waals surface area (Å²) in [6.45, 7) is 13.7. The Hall–Kier alpha value is -1.73. The monoisotopic (exact) mass is 375 g/mol. The fraction of sp³-hybridized carbons (Fsp3) is 0.650. The Labute approximate surface area is 162 Å². The van der Waals surface area contributed by atoms with E-state index < -0.39 is 11.7 Å². The van der Waals surface area contributed by atoms with Gasteiger partial charge in [0.05, 0.1) is 17.2 Å². The van der Waals surface area contributed by atoms with Crippen LogP contribution in [0.3, 0.4) is 0 Å². The first-order valence-electron chi connectivity index (χ1n) is 9.48. The molecule has 2 atom stereocenters. The fourth-order valence-electron chi connectivity index (χ4n) is 2.77. The van der Waals surface area contributed by atoms with Gasteiger partial charge in [0.1, 0.15) is 17.5 Å². The number of hydrogen-bond acceptors (Lipinski definition) is 5. The highest BCUT2D eigenvalue weighted by atomic mass is 16.7. The lowest BCUT2D eigenvalue weighted by molar-refractivity contribution is 0.00578. The van der Waals surface area contributed by atoms with E-state index in [-0.39, 0.29) is 30.5 Å². The molecule has 1 aliphatic heterocycles. The number of benzene rings is 1. The van der Waals surface area contributed by atoms with Crippen molar-refractivity contribution in [2.75, 3.05) is 0 Å². The third kappa shape index (κ3) is 4.77. The lowest BCUT2D eigenvalue weighted by atomic mass is 9.79. The third-order valence-corrected chi connectivity index (χ3v) is 5.13. The van der Waals surface area contributed by atoms with Crippen molar-refractivity contribution >= 4 is 18.7 Å². The van der Waals surface area contributed by atoms with Gasteiger partial charge in [-0.3, -0.25) is 0 Å². The summed E-state index contributed by atoms with van der Waals surface area (Å²) in [7, 11) is -0.383. The SMILES string of the molecule is CC(C)(C)OC(=O)N[C@H]1CC1Oc1ccc(B2OC(C)(C)C(C)(C)O2)cc1. The minimum Gasteiger partial charge on any atom is -0.488 e. The van der Waals surface area contributed by atoms with E-state index >= 15 is 0 Å². The first-order valence-corrected chi connectivity index (χ1v) is 9.48. The highest BCUT2D eigenvalue weighted by Crippen LogP contribution is 2.36. The summed E-state index contributed by atoms with van der Waals surface area (Å²) in [6, 6.07) is 7.71. The maximum Gasteiger partial charge on any atom is 0.494 e. The van der Waals surface area contributed by atoms with E-state index in [0.29, 0.717) is 0 Å². The quantitative estimate of drug-likeness (QED) is 0.820. The van der Waals surface area contributed by atoms with Crippen LogP contribution in [0.15, 0.2) is 24.3 Å². The smallest absolute Gasteiger partial charge is 0.488 e. The number of carbonyl (C=O) groups excluding carboxylic acids is 1. The second kappa shape index (κ2) is 6.71. The maximum absolute atomic E-state index is 11.8. The molecule has 0 bridgehead atoms. The van der Waals surface area contributed by atoms with Gasteiger partial charge in [-0.2, -0.15) is 0 Å². The average Bonchev–Trinajstić information content (AvgIpc) is 3.16. The molecule has 1 aromatic rings. The van der Waals surface area contributed by atoms with Gasteiger partial charge in [0.15, 0.2) is 0 Å². The Balaban J connectivity index is 1.51. The second-order valence-corrected chi connectivity index (χ2v) is 9.30. The van der Waals surface area contributed by atoms with E-state index in [1.165, 1.54) is 0 Å². The van der Waals surface area contributed by atoms with Crippen molar-refractivity contribution < 1.29 is 23.6 Å². The topological polar surface area (TPSA) is 66.0 Å². The zero-order valence-corrected chi connectivity index (χ0v) is 17.3. The number of ether oxygens (including phenoxy) is 2. The van der Waals surface area contributed by atoms with Crippen molar-refractivity contribution in [3.63, 3.8) is 0 Å². The summed E-state index contributed by atoms with van der Waals surface area (Å²) in [4.78, 5) is 11.8. The Morgan fingerprint density at radius 1 is 1.11 bits per heavy atom. The highest BCUT2D eigenvalue weighted by Gasteiger charge is 2.51. The van der Waals surface area contributed by atoms with Gasteiger partial charge < -0.3 is 24.1 Å². The molecule has 0 radical (unpaired) electrons. The molecule has 3 rings (SSSR count). The summed E-state index contributed by atoms with van der Waals surface area (Å²) in [5.74, 6) is 0.758. The van der Waals surface area contributed by atoms with Gasteiger partial charge in [-0.05, 0) is 66.1 Å². The van der Waals surface area contributed by atoms with Crippen LogP contribution in [0.4, 0.5) is 4.79 Å². The van der Waals surface area contributed by atoms with E-state index in [1.54, 1.807) is 0 Å². The number of nitrogens with one attached hydrogen (secondary N) is 1. The Bertz CT molecular complexity index is 679.